The van der Waals surface area contributed by atoms with E-state index in [0.717, 1.165) is 0 Å². The Morgan fingerprint density at radius 1 is 1.31 bits per heavy atom. The molecule has 1 atom stereocenters. The number of amides is 1. The first-order chi connectivity index (χ1) is 12.4. The number of carbonyl (C=O) groups excluding carboxylic acids is 1. The molecule has 9 heteroatoms. The van der Waals surface area contributed by atoms with Crippen molar-refractivity contribution in [3.8, 4) is 0 Å². The first-order valence-electron chi connectivity index (χ1n) is 8.24. The van der Waals surface area contributed by atoms with Gasteiger partial charge in [0.25, 0.3) is 5.91 Å². The van der Waals surface area contributed by atoms with Crippen molar-refractivity contribution in [2.45, 2.75) is 19.4 Å². The molecule has 0 bridgehead atoms. The van der Waals surface area contributed by atoms with Crippen molar-refractivity contribution < 1.29 is 13.2 Å². The molecule has 1 amide bonds. The molecule has 1 aromatic carbocycles. The van der Waals surface area contributed by atoms with Crippen molar-refractivity contribution in [1.82, 2.24) is 9.97 Å². The van der Waals surface area contributed by atoms with Gasteiger partial charge in [-0.1, -0.05) is 23.7 Å². The third-order valence-corrected chi connectivity index (χ3v) is 6.35. The average molecular weight is 395 g/mol. The minimum atomic E-state index is -2.99. The summed E-state index contributed by atoms with van der Waals surface area (Å²) in [4.78, 5) is 22.7. The van der Waals surface area contributed by atoms with Gasteiger partial charge in [0, 0.05) is 25.0 Å². The van der Waals surface area contributed by atoms with Crippen molar-refractivity contribution in [2.24, 2.45) is 0 Å². The lowest BCUT2D eigenvalue weighted by atomic mass is 10.2. The Hall–Kier alpha value is -2.19. The number of sulfone groups is 1. The second-order valence-electron chi connectivity index (χ2n) is 6.05. The molecule has 138 valence electrons. The molecular formula is C17H19ClN4O3S. The molecule has 2 aromatic rings. The summed E-state index contributed by atoms with van der Waals surface area (Å²) >= 11 is 6.04. The number of para-hydroxylation sites is 1. The maximum Gasteiger partial charge on any atom is 0.258 e. The van der Waals surface area contributed by atoms with Crippen LogP contribution >= 0.6 is 11.6 Å². The van der Waals surface area contributed by atoms with E-state index in [1.807, 2.05) is 11.8 Å². The smallest absolute Gasteiger partial charge is 0.258 e. The topological polar surface area (TPSA) is 92.3 Å². The van der Waals surface area contributed by atoms with Gasteiger partial charge in [0.15, 0.2) is 9.84 Å². The van der Waals surface area contributed by atoms with Crippen molar-refractivity contribution in [3.63, 3.8) is 0 Å². The molecule has 26 heavy (non-hydrogen) atoms. The van der Waals surface area contributed by atoms with Crippen LogP contribution in [-0.2, 0) is 9.84 Å². The van der Waals surface area contributed by atoms with Crippen LogP contribution < -0.4 is 10.2 Å². The van der Waals surface area contributed by atoms with E-state index in [2.05, 4.69) is 15.3 Å². The van der Waals surface area contributed by atoms with Crippen molar-refractivity contribution in [2.75, 3.05) is 28.3 Å². The number of aromatic nitrogens is 2. The molecule has 7 nitrogen and oxygen atoms in total. The number of hydrogen-bond donors (Lipinski definition) is 1. The summed E-state index contributed by atoms with van der Waals surface area (Å²) in [5.41, 5.74) is 0.804. The van der Waals surface area contributed by atoms with Gasteiger partial charge in [-0.15, -0.1) is 0 Å². The molecule has 1 unspecified atom stereocenters. The van der Waals surface area contributed by atoms with E-state index in [1.54, 1.807) is 24.3 Å². The summed E-state index contributed by atoms with van der Waals surface area (Å²) in [6, 6.07) is 6.81. The van der Waals surface area contributed by atoms with Crippen LogP contribution in [0.25, 0.3) is 0 Å². The number of benzene rings is 1. The number of nitrogens with zero attached hydrogens (tertiary/aromatic N) is 3. The van der Waals surface area contributed by atoms with Crippen molar-refractivity contribution in [1.29, 1.82) is 0 Å². The number of hydrogen-bond acceptors (Lipinski definition) is 6. The monoisotopic (exact) mass is 394 g/mol. The Balaban J connectivity index is 1.73. The Labute approximate surface area is 157 Å². The second kappa shape index (κ2) is 7.59. The average Bonchev–Trinajstić information content (AvgIpc) is 2.98. The van der Waals surface area contributed by atoms with Crippen molar-refractivity contribution >= 4 is 39.0 Å². The van der Waals surface area contributed by atoms with Gasteiger partial charge in [-0.25, -0.2) is 18.4 Å². The molecule has 1 saturated heterocycles. The molecular weight excluding hydrogens is 376 g/mol. The highest BCUT2D eigenvalue weighted by molar-refractivity contribution is 7.91. The third-order valence-electron chi connectivity index (χ3n) is 4.27. The minimum absolute atomic E-state index is 0.110. The van der Waals surface area contributed by atoms with Crippen LogP contribution in [0.1, 0.15) is 23.7 Å². The van der Waals surface area contributed by atoms with Crippen LogP contribution in [0, 0.1) is 0 Å². The van der Waals surface area contributed by atoms with E-state index in [9.17, 15) is 13.2 Å². The highest BCUT2D eigenvalue weighted by Crippen LogP contribution is 2.23. The van der Waals surface area contributed by atoms with E-state index in [4.69, 9.17) is 11.6 Å². The Bertz CT molecular complexity index is 902. The van der Waals surface area contributed by atoms with Crippen LogP contribution in [-0.4, -0.2) is 48.4 Å². The van der Waals surface area contributed by atoms with Crippen LogP contribution in [0.5, 0.6) is 0 Å². The lowest BCUT2D eigenvalue weighted by Gasteiger charge is -2.26. The Morgan fingerprint density at radius 3 is 2.58 bits per heavy atom. The van der Waals surface area contributed by atoms with Gasteiger partial charge in [0.1, 0.15) is 0 Å². The highest BCUT2D eigenvalue weighted by Gasteiger charge is 2.32. The maximum absolute atomic E-state index is 12.3. The zero-order valence-corrected chi connectivity index (χ0v) is 15.8. The summed E-state index contributed by atoms with van der Waals surface area (Å²) in [6.45, 7) is 2.51. The van der Waals surface area contributed by atoms with E-state index < -0.39 is 9.84 Å². The quantitative estimate of drug-likeness (QED) is 0.837. The van der Waals surface area contributed by atoms with Crippen molar-refractivity contribution in [3.05, 3.63) is 47.2 Å². The maximum atomic E-state index is 12.3. The van der Waals surface area contributed by atoms with Gasteiger partial charge >= 0.3 is 0 Å². The normalized spacial score (nSPS) is 18.5. The predicted octanol–water partition coefficient (Wildman–Crippen LogP) is 2.40. The van der Waals surface area contributed by atoms with Crippen LogP contribution in [0.4, 0.5) is 11.6 Å². The Kier molecular flexibility index (Phi) is 5.43. The molecule has 1 aromatic heterocycles. The van der Waals surface area contributed by atoms with Crippen LogP contribution in [0.15, 0.2) is 36.7 Å². The zero-order valence-electron chi connectivity index (χ0n) is 14.2. The summed E-state index contributed by atoms with van der Waals surface area (Å²) in [5.74, 6) is 0.353. The minimum Gasteiger partial charge on any atom is -0.337 e. The predicted molar refractivity (Wildman–Crippen MR) is 102 cm³/mol. The number of rotatable bonds is 5. The zero-order chi connectivity index (χ0) is 18.7. The largest absolute Gasteiger partial charge is 0.337 e. The van der Waals surface area contributed by atoms with Gasteiger partial charge < -0.3 is 10.2 Å². The molecule has 3 rings (SSSR count). The van der Waals surface area contributed by atoms with Crippen LogP contribution in [0.3, 0.4) is 0 Å². The molecule has 0 radical (unpaired) electrons. The summed E-state index contributed by atoms with van der Waals surface area (Å²) in [7, 11) is -2.99. The number of anilines is 2. The van der Waals surface area contributed by atoms with E-state index in [0.29, 0.717) is 35.2 Å². The van der Waals surface area contributed by atoms with Gasteiger partial charge in [-0.2, -0.15) is 0 Å². The Morgan fingerprint density at radius 2 is 2.00 bits per heavy atom. The van der Waals surface area contributed by atoms with E-state index in [1.165, 1.54) is 12.4 Å². The summed E-state index contributed by atoms with van der Waals surface area (Å²) < 4.78 is 23.4. The summed E-state index contributed by atoms with van der Waals surface area (Å²) in [5, 5.41) is 3.15. The lowest BCUT2D eigenvalue weighted by molar-refractivity contribution is 0.102. The number of nitrogens with one attached hydrogen (secondary N) is 1. The second-order valence-corrected chi connectivity index (χ2v) is 8.68. The van der Waals surface area contributed by atoms with Gasteiger partial charge in [0.2, 0.25) is 5.95 Å². The first-order valence-corrected chi connectivity index (χ1v) is 10.4. The van der Waals surface area contributed by atoms with Gasteiger partial charge in [-0.3, -0.25) is 4.79 Å². The fourth-order valence-corrected chi connectivity index (χ4v) is 4.84. The highest BCUT2D eigenvalue weighted by atomic mass is 35.5. The molecule has 1 aliphatic rings. The fourth-order valence-electron chi connectivity index (χ4n) is 2.93. The molecule has 1 fully saturated rings. The fraction of sp³-hybridized carbons (Fsp3) is 0.353. The molecule has 1 aliphatic heterocycles. The van der Waals surface area contributed by atoms with Crippen LogP contribution in [0.2, 0.25) is 5.02 Å². The third kappa shape index (κ3) is 4.13. The number of carbonyl (C=O) groups is 1. The molecule has 0 aliphatic carbocycles. The number of halogens is 1. The van der Waals surface area contributed by atoms with E-state index in [-0.39, 0.29) is 23.5 Å². The van der Waals surface area contributed by atoms with Gasteiger partial charge in [0.05, 0.1) is 27.8 Å². The van der Waals surface area contributed by atoms with E-state index >= 15 is 0 Å². The standard InChI is InChI=1S/C17H19ClN4O3S/c1-2-22(13-7-8-26(24,25)11-13)17-19-9-12(10-20-17)16(23)21-15-6-4-3-5-14(15)18/h3-6,9-10,13H,2,7-8,11H2,1H3,(H,21,23). The summed E-state index contributed by atoms with van der Waals surface area (Å²) in [6.07, 6.45) is 3.43. The van der Waals surface area contributed by atoms with Gasteiger partial charge in [-0.05, 0) is 25.5 Å². The molecule has 1 N–H and O–H groups in total. The molecule has 2 heterocycles. The lowest BCUT2D eigenvalue weighted by Crippen LogP contribution is -2.37. The molecule has 0 spiro atoms. The SMILES string of the molecule is CCN(c1ncc(C(=O)Nc2ccccc2Cl)cn1)C1CCS(=O)(=O)C1. The molecule has 0 saturated carbocycles. The first kappa shape index (κ1) is 18.6.